The van der Waals surface area contributed by atoms with E-state index < -0.39 is 16.0 Å². The molecule has 0 aromatic heterocycles. The van der Waals surface area contributed by atoms with E-state index >= 15 is 0 Å². The molecule has 2 aliphatic rings. The Morgan fingerprint density at radius 3 is 2.73 bits per heavy atom. The second kappa shape index (κ2) is 7.41. The number of hydrogen-bond donors (Lipinski definition) is 0. The van der Waals surface area contributed by atoms with Crippen LogP contribution in [0.4, 0.5) is 0 Å². The monoisotopic (exact) mass is 373 g/mol. The molecule has 0 bridgehead atoms. The minimum absolute atomic E-state index is 0.0549. The van der Waals surface area contributed by atoms with Crippen LogP contribution in [0.15, 0.2) is 52.6 Å². The number of hydrogen-bond acceptors (Lipinski definition) is 7. The lowest BCUT2D eigenvalue weighted by molar-refractivity contribution is -0.139. The molecule has 2 heterocycles. The van der Waals surface area contributed by atoms with Crippen LogP contribution in [0.2, 0.25) is 0 Å². The van der Waals surface area contributed by atoms with E-state index in [9.17, 15) is 13.2 Å². The third kappa shape index (κ3) is 4.29. The maximum atomic E-state index is 12.1. The number of nitrogens with zero attached hydrogens (tertiary/aromatic N) is 3. The molecule has 0 spiro atoms. The molecule has 0 aliphatic carbocycles. The molecule has 2 aliphatic heterocycles. The predicted molar refractivity (Wildman–Crippen MR) is 92.8 cm³/mol. The number of carbonyl (C=O) groups excluding carboxylic acids is 1. The Morgan fingerprint density at radius 1 is 1.23 bits per heavy atom. The largest absolute Gasteiger partial charge is 0.490 e. The van der Waals surface area contributed by atoms with Gasteiger partial charge in [0.25, 0.3) is 10.0 Å². The molecule has 0 fully saturated rings. The van der Waals surface area contributed by atoms with Gasteiger partial charge in [-0.15, -0.1) is 4.40 Å². The quantitative estimate of drug-likeness (QED) is 0.559. The second-order valence-corrected chi connectivity index (χ2v) is 7.22. The molecule has 134 valence electrons. The number of carbonyl (C=O) groups is 1. The van der Waals surface area contributed by atoms with Crippen molar-refractivity contribution in [2.24, 2.45) is 4.40 Å². The van der Waals surface area contributed by atoms with Crippen LogP contribution < -0.4 is 4.74 Å². The first-order valence-electron chi connectivity index (χ1n) is 7.76. The normalized spacial score (nSPS) is 17.4. The van der Waals surface area contributed by atoms with Gasteiger partial charge < -0.3 is 14.4 Å². The molecule has 0 saturated heterocycles. The highest BCUT2D eigenvalue weighted by Gasteiger charge is 2.25. The summed E-state index contributed by atoms with van der Waals surface area (Å²) in [6.45, 7) is 0.465. The van der Waals surface area contributed by atoms with Crippen LogP contribution in [0.5, 0.6) is 5.75 Å². The third-order valence-corrected chi connectivity index (χ3v) is 4.79. The predicted octanol–water partition coefficient (Wildman–Crippen LogP) is 0.978. The summed E-state index contributed by atoms with van der Waals surface area (Å²) in [6.07, 6.45) is 4.47. The fourth-order valence-corrected chi connectivity index (χ4v) is 3.29. The molecule has 1 aromatic rings. The zero-order chi connectivity index (χ0) is 18.6. The standard InChI is InChI=1S/C17H15N3O5S/c18-11-13-1-4-15(5-2-13)24-8-9-25-17(21)14-3-6-16-19-26(22,23)10-7-20(16)12-14/h1-6,12H,7-10H2. The van der Waals surface area contributed by atoms with Crippen LogP contribution in [0.1, 0.15) is 5.56 Å². The Hall–Kier alpha value is -3.12. The van der Waals surface area contributed by atoms with Gasteiger partial charge >= 0.3 is 5.97 Å². The van der Waals surface area contributed by atoms with Crippen molar-refractivity contribution in [3.05, 3.63) is 53.8 Å². The van der Waals surface area contributed by atoms with Gasteiger partial charge in [-0.25, -0.2) is 13.2 Å². The maximum absolute atomic E-state index is 12.1. The molecule has 0 atom stereocenters. The number of esters is 1. The van der Waals surface area contributed by atoms with Crippen molar-refractivity contribution in [3.63, 3.8) is 0 Å². The van der Waals surface area contributed by atoms with Crippen LogP contribution in [-0.2, 0) is 19.6 Å². The topological polar surface area (TPSA) is 109 Å². The van der Waals surface area contributed by atoms with Crippen molar-refractivity contribution in [2.75, 3.05) is 25.5 Å². The molecular weight excluding hydrogens is 358 g/mol. The van der Waals surface area contributed by atoms with Gasteiger partial charge in [-0.05, 0) is 36.4 Å². The summed E-state index contributed by atoms with van der Waals surface area (Å²) >= 11 is 0. The van der Waals surface area contributed by atoms with Crippen molar-refractivity contribution in [3.8, 4) is 11.8 Å². The zero-order valence-electron chi connectivity index (χ0n) is 13.7. The summed E-state index contributed by atoms with van der Waals surface area (Å²) in [6, 6.07) is 8.61. The van der Waals surface area contributed by atoms with Crippen molar-refractivity contribution < 1.29 is 22.7 Å². The fraction of sp³-hybridized carbons (Fsp3) is 0.235. The van der Waals surface area contributed by atoms with Gasteiger partial charge in [0.2, 0.25) is 0 Å². The van der Waals surface area contributed by atoms with Gasteiger partial charge in [-0.1, -0.05) is 0 Å². The number of rotatable bonds is 5. The Morgan fingerprint density at radius 2 is 2.00 bits per heavy atom. The van der Waals surface area contributed by atoms with E-state index in [1.807, 2.05) is 6.07 Å². The van der Waals surface area contributed by atoms with E-state index in [0.29, 0.717) is 16.9 Å². The Kier molecular flexibility index (Phi) is 5.04. The second-order valence-electron chi connectivity index (χ2n) is 5.47. The van der Waals surface area contributed by atoms with Crippen LogP contribution in [-0.4, -0.2) is 50.6 Å². The van der Waals surface area contributed by atoms with Crippen LogP contribution >= 0.6 is 0 Å². The first-order valence-corrected chi connectivity index (χ1v) is 9.37. The molecule has 0 radical (unpaired) electrons. The number of benzene rings is 1. The highest BCUT2D eigenvalue weighted by atomic mass is 32.2. The number of sulfonamides is 1. The van der Waals surface area contributed by atoms with E-state index in [-0.39, 0.29) is 31.3 Å². The summed E-state index contributed by atoms with van der Waals surface area (Å²) in [5, 5.41) is 8.73. The summed E-state index contributed by atoms with van der Waals surface area (Å²) < 4.78 is 37.1. The van der Waals surface area contributed by atoms with Gasteiger partial charge in [-0.3, -0.25) is 0 Å². The molecule has 1 aromatic carbocycles. The van der Waals surface area contributed by atoms with Crippen LogP contribution in [0.3, 0.4) is 0 Å². The average Bonchev–Trinajstić information content (AvgIpc) is 2.64. The zero-order valence-corrected chi connectivity index (χ0v) is 14.5. The number of ether oxygens (including phenoxy) is 2. The van der Waals surface area contributed by atoms with Crippen molar-refractivity contribution in [2.45, 2.75) is 0 Å². The van der Waals surface area contributed by atoms with E-state index in [0.717, 1.165) is 0 Å². The minimum atomic E-state index is -3.42. The van der Waals surface area contributed by atoms with Crippen molar-refractivity contribution in [1.82, 2.24) is 4.90 Å². The van der Waals surface area contributed by atoms with Gasteiger partial charge in [-0.2, -0.15) is 5.26 Å². The number of nitriles is 1. The SMILES string of the molecule is N#Cc1ccc(OCCOC(=O)C2=CN3CCS(=O)(=O)N=C3C=C2)cc1. The third-order valence-electron chi connectivity index (χ3n) is 3.63. The highest BCUT2D eigenvalue weighted by Crippen LogP contribution is 2.16. The molecule has 3 rings (SSSR count). The molecule has 0 saturated carbocycles. The first kappa shape index (κ1) is 17.7. The molecule has 26 heavy (non-hydrogen) atoms. The van der Waals surface area contributed by atoms with Gasteiger partial charge in [0.05, 0.1) is 23.0 Å². The molecule has 0 amide bonds. The Bertz CT molecular complexity index is 940. The number of fused-ring (bicyclic) bond motifs is 1. The summed E-state index contributed by atoms with van der Waals surface area (Å²) in [5.74, 6) is 0.239. The fourth-order valence-electron chi connectivity index (χ4n) is 2.32. The highest BCUT2D eigenvalue weighted by molar-refractivity contribution is 7.90. The van der Waals surface area contributed by atoms with E-state index in [4.69, 9.17) is 14.7 Å². The minimum Gasteiger partial charge on any atom is -0.490 e. The Balaban J connectivity index is 1.49. The van der Waals surface area contributed by atoms with Gasteiger partial charge in [0.15, 0.2) is 0 Å². The van der Waals surface area contributed by atoms with Crippen LogP contribution in [0.25, 0.3) is 0 Å². The van der Waals surface area contributed by atoms with Crippen LogP contribution in [0, 0.1) is 11.3 Å². The van der Waals surface area contributed by atoms with Gasteiger partial charge in [0, 0.05) is 12.7 Å². The van der Waals surface area contributed by atoms with E-state index in [1.54, 1.807) is 29.2 Å². The lowest BCUT2D eigenvalue weighted by Crippen LogP contribution is -2.37. The lowest BCUT2D eigenvalue weighted by Gasteiger charge is -2.26. The molecule has 0 unspecified atom stereocenters. The van der Waals surface area contributed by atoms with Crippen molar-refractivity contribution in [1.29, 1.82) is 5.26 Å². The average molecular weight is 373 g/mol. The lowest BCUT2D eigenvalue weighted by atomic mass is 10.2. The molecule has 8 nitrogen and oxygen atoms in total. The van der Waals surface area contributed by atoms with Crippen molar-refractivity contribution >= 4 is 21.8 Å². The van der Waals surface area contributed by atoms with E-state index in [2.05, 4.69) is 4.40 Å². The molecular formula is C17H15N3O5S. The van der Waals surface area contributed by atoms with E-state index in [1.165, 1.54) is 18.4 Å². The Labute approximate surface area is 150 Å². The smallest absolute Gasteiger partial charge is 0.339 e. The summed E-state index contributed by atoms with van der Waals surface area (Å²) in [5.41, 5.74) is 0.842. The summed E-state index contributed by atoms with van der Waals surface area (Å²) in [7, 11) is -3.42. The number of amidine groups is 1. The summed E-state index contributed by atoms with van der Waals surface area (Å²) in [4.78, 5) is 13.7. The molecule has 0 N–H and O–H groups in total. The van der Waals surface area contributed by atoms with Gasteiger partial charge in [0.1, 0.15) is 24.8 Å². The first-order chi connectivity index (χ1) is 12.5. The molecule has 9 heteroatoms. The maximum Gasteiger partial charge on any atom is 0.339 e.